The van der Waals surface area contributed by atoms with Gasteiger partial charge >= 0.3 is 0 Å². The lowest BCUT2D eigenvalue weighted by molar-refractivity contribution is 0.311. The fraction of sp³-hybridized carbons (Fsp3) is 0.800. The van der Waals surface area contributed by atoms with E-state index in [-0.39, 0.29) is 12.6 Å². The molecule has 1 heteroatoms. The average Bonchev–Trinajstić information content (AvgIpc) is 2.00. The van der Waals surface area contributed by atoms with Crippen molar-refractivity contribution in [2.75, 3.05) is 6.67 Å². The molecule has 0 radical (unpaired) electrons. The van der Waals surface area contributed by atoms with E-state index < -0.39 is 0 Å². The van der Waals surface area contributed by atoms with Gasteiger partial charge < -0.3 is 0 Å². The molecule has 11 heavy (non-hydrogen) atoms. The van der Waals surface area contributed by atoms with Crippen LogP contribution >= 0.6 is 0 Å². The van der Waals surface area contributed by atoms with Gasteiger partial charge in [-0.2, -0.15) is 0 Å². The van der Waals surface area contributed by atoms with Crippen LogP contribution in [0.1, 0.15) is 33.6 Å². The van der Waals surface area contributed by atoms with E-state index in [2.05, 4.69) is 13.8 Å². The van der Waals surface area contributed by atoms with Crippen LogP contribution in [0.5, 0.6) is 0 Å². The van der Waals surface area contributed by atoms with Crippen molar-refractivity contribution in [3.8, 4) is 0 Å². The molecule has 0 amide bonds. The number of alkyl halides is 1. The maximum absolute atomic E-state index is 12.4. The van der Waals surface area contributed by atoms with Crippen molar-refractivity contribution < 1.29 is 4.39 Å². The Bertz CT molecular complexity index is 107. The fourth-order valence-corrected chi connectivity index (χ4v) is 1.31. The third-order valence-electron chi connectivity index (χ3n) is 2.09. The molecule has 0 N–H and O–H groups in total. The van der Waals surface area contributed by atoms with Gasteiger partial charge in [-0.25, -0.2) is 0 Å². The number of allylic oxidation sites excluding steroid dienone is 2. The Morgan fingerprint density at radius 2 is 2.09 bits per heavy atom. The van der Waals surface area contributed by atoms with Crippen LogP contribution in [0, 0.1) is 11.8 Å². The highest BCUT2D eigenvalue weighted by molar-refractivity contribution is 4.87. The lowest BCUT2D eigenvalue weighted by atomic mass is 9.91. The van der Waals surface area contributed by atoms with E-state index >= 15 is 0 Å². The van der Waals surface area contributed by atoms with Crippen molar-refractivity contribution in [1.29, 1.82) is 0 Å². The van der Waals surface area contributed by atoms with Crippen LogP contribution in [-0.4, -0.2) is 6.67 Å². The van der Waals surface area contributed by atoms with E-state index in [1.54, 1.807) is 0 Å². The first kappa shape index (κ1) is 10.7. The maximum Gasteiger partial charge on any atom is 0.0959 e. The third kappa shape index (κ3) is 4.18. The molecule has 0 bridgehead atoms. The standard InChI is InChI=1S/C10H19F/c1-4-6-9(3)10(8-11)7-5-2/h5,7,9-10H,4,6,8H2,1-3H3/b7-5-. The van der Waals surface area contributed by atoms with Crippen LogP contribution in [-0.2, 0) is 0 Å². The molecule has 0 aromatic rings. The van der Waals surface area contributed by atoms with Gasteiger partial charge in [-0.1, -0.05) is 38.8 Å². The van der Waals surface area contributed by atoms with Crippen LogP contribution in [0.4, 0.5) is 4.39 Å². The molecule has 2 atom stereocenters. The van der Waals surface area contributed by atoms with E-state index in [1.807, 2.05) is 19.1 Å². The first-order valence-corrected chi connectivity index (χ1v) is 4.45. The Hall–Kier alpha value is -0.330. The minimum absolute atomic E-state index is 0.139. The van der Waals surface area contributed by atoms with Crippen LogP contribution in [0.3, 0.4) is 0 Å². The average molecular weight is 158 g/mol. The zero-order valence-electron chi connectivity index (χ0n) is 7.81. The van der Waals surface area contributed by atoms with Crippen molar-refractivity contribution in [2.45, 2.75) is 33.6 Å². The Kier molecular flexibility index (Phi) is 6.19. The van der Waals surface area contributed by atoms with E-state index in [1.165, 1.54) is 0 Å². The molecule has 0 aliphatic rings. The summed E-state index contributed by atoms with van der Waals surface area (Å²) in [7, 11) is 0. The number of hydrogen-bond donors (Lipinski definition) is 0. The molecule has 0 aliphatic carbocycles. The first-order valence-electron chi connectivity index (χ1n) is 4.45. The third-order valence-corrected chi connectivity index (χ3v) is 2.09. The summed E-state index contributed by atoms with van der Waals surface area (Å²) in [5.41, 5.74) is 0. The normalized spacial score (nSPS) is 17.1. The van der Waals surface area contributed by atoms with Gasteiger partial charge in [-0.15, -0.1) is 0 Å². The molecule has 0 fully saturated rings. The second-order valence-corrected chi connectivity index (χ2v) is 3.11. The Labute approximate surface area is 69.5 Å². The Balaban J connectivity index is 3.80. The fourth-order valence-electron chi connectivity index (χ4n) is 1.31. The molecule has 2 unspecified atom stereocenters. The Morgan fingerprint density at radius 3 is 2.45 bits per heavy atom. The molecule has 0 spiro atoms. The zero-order valence-corrected chi connectivity index (χ0v) is 7.81. The predicted octanol–water partition coefficient (Wildman–Crippen LogP) is 3.58. The highest BCUT2D eigenvalue weighted by Crippen LogP contribution is 2.18. The van der Waals surface area contributed by atoms with Crippen LogP contribution < -0.4 is 0 Å². The number of rotatable bonds is 5. The molecule has 0 heterocycles. The van der Waals surface area contributed by atoms with Crippen molar-refractivity contribution in [2.24, 2.45) is 11.8 Å². The monoisotopic (exact) mass is 158 g/mol. The summed E-state index contributed by atoms with van der Waals surface area (Å²) < 4.78 is 12.4. The predicted molar refractivity (Wildman–Crippen MR) is 48.4 cm³/mol. The Morgan fingerprint density at radius 1 is 1.45 bits per heavy atom. The largest absolute Gasteiger partial charge is 0.250 e. The van der Waals surface area contributed by atoms with Crippen LogP contribution in [0.15, 0.2) is 12.2 Å². The van der Waals surface area contributed by atoms with E-state index in [0.29, 0.717) is 5.92 Å². The minimum Gasteiger partial charge on any atom is -0.250 e. The molecule has 0 nitrogen and oxygen atoms in total. The highest BCUT2D eigenvalue weighted by Gasteiger charge is 2.12. The van der Waals surface area contributed by atoms with Gasteiger partial charge in [0.1, 0.15) is 0 Å². The van der Waals surface area contributed by atoms with Gasteiger partial charge in [0.05, 0.1) is 6.67 Å². The topological polar surface area (TPSA) is 0 Å². The van der Waals surface area contributed by atoms with Gasteiger partial charge in [-0.05, 0) is 12.8 Å². The lowest BCUT2D eigenvalue weighted by Crippen LogP contribution is -2.10. The highest BCUT2D eigenvalue weighted by atomic mass is 19.1. The molecular formula is C10H19F. The van der Waals surface area contributed by atoms with Gasteiger partial charge in [0.25, 0.3) is 0 Å². The number of halogens is 1. The van der Waals surface area contributed by atoms with Crippen LogP contribution in [0.25, 0.3) is 0 Å². The quantitative estimate of drug-likeness (QED) is 0.536. The second kappa shape index (κ2) is 6.38. The number of hydrogen-bond acceptors (Lipinski definition) is 0. The molecule has 66 valence electrons. The molecule has 0 saturated carbocycles. The summed E-state index contributed by atoms with van der Waals surface area (Å²) in [6, 6.07) is 0. The summed E-state index contributed by atoms with van der Waals surface area (Å²) in [6.07, 6.45) is 6.19. The smallest absolute Gasteiger partial charge is 0.0959 e. The zero-order chi connectivity index (χ0) is 8.69. The first-order chi connectivity index (χ1) is 5.26. The molecule has 0 saturated heterocycles. The summed E-state index contributed by atoms with van der Waals surface area (Å²) in [5, 5.41) is 0. The summed E-state index contributed by atoms with van der Waals surface area (Å²) in [6.45, 7) is 5.99. The molecule has 0 aromatic heterocycles. The lowest BCUT2D eigenvalue weighted by Gasteiger charge is -2.16. The summed E-state index contributed by atoms with van der Waals surface area (Å²) in [5.74, 6) is 0.626. The molecule has 0 aliphatic heterocycles. The second-order valence-electron chi connectivity index (χ2n) is 3.11. The van der Waals surface area contributed by atoms with Crippen molar-refractivity contribution >= 4 is 0 Å². The van der Waals surface area contributed by atoms with Gasteiger partial charge in [0, 0.05) is 5.92 Å². The van der Waals surface area contributed by atoms with E-state index in [9.17, 15) is 4.39 Å². The van der Waals surface area contributed by atoms with Gasteiger partial charge in [0.2, 0.25) is 0 Å². The minimum atomic E-state index is -0.217. The summed E-state index contributed by atoms with van der Waals surface area (Å²) >= 11 is 0. The molecular weight excluding hydrogens is 139 g/mol. The van der Waals surface area contributed by atoms with E-state index in [0.717, 1.165) is 12.8 Å². The van der Waals surface area contributed by atoms with Crippen molar-refractivity contribution in [3.63, 3.8) is 0 Å². The molecule has 0 aromatic carbocycles. The van der Waals surface area contributed by atoms with E-state index in [4.69, 9.17) is 0 Å². The molecule has 0 rings (SSSR count). The maximum atomic E-state index is 12.4. The SMILES string of the molecule is C/C=C\C(CF)C(C)CCC. The van der Waals surface area contributed by atoms with Crippen LogP contribution in [0.2, 0.25) is 0 Å². The van der Waals surface area contributed by atoms with Gasteiger partial charge in [-0.3, -0.25) is 4.39 Å². The summed E-state index contributed by atoms with van der Waals surface area (Å²) in [4.78, 5) is 0. The van der Waals surface area contributed by atoms with Crippen molar-refractivity contribution in [1.82, 2.24) is 0 Å². The van der Waals surface area contributed by atoms with Gasteiger partial charge in [0.15, 0.2) is 0 Å². The van der Waals surface area contributed by atoms with Crippen molar-refractivity contribution in [3.05, 3.63) is 12.2 Å².